The van der Waals surface area contributed by atoms with E-state index in [1.807, 2.05) is 115 Å². The maximum Gasteiger partial charge on any atom is 0.324 e. The van der Waals surface area contributed by atoms with Gasteiger partial charge in [0.15, 0.2) is 0 Å². The molecule has 5 aromatic carbocycles. The van der Waals surface area contributed by atoms with Gasteiger partial charge in [0.2, 0.25) is 11.8 Å². The first-order valence-electron chi connectivity index (χ1n) is 23.1. The molecule has 1 saturated carbocycles. The van der Waals surface area contributed by atoms with Gasteiger partial charge in [0.05, 0.1) is 37.8 Å². The molecule has 12 heteroatoms. The summed E-state index contributed by atoms with van der Waals surface area (Å²) in [6.45, 7) is 2.67. The summed E-state index contributed by atoms with van der Waals surface area (Å²) in [6.07, 6.45) is 4.20. The van der Waals surface area contributed by atoms with Crippen molar-refractivity contribution in [3.63, 3.8) is 0 Å². The number of nitrogens with zero attached hydrogens (tertiary/aromatic N) is 2. The monoisotopic (exact) mass is 886 g/mol. The molecule has 6 unspecified atom stereocenters. The lowest BCUT2D eigenvalue weighted by Crippen LogP contribution is -2.53. The maximum absolute atomic E-state index is 15.7. The van der Waals surface area contributed by atoms with E-state index in [9.17, 15) is 10.2 Å². The first kappa shape index (κ1) is 43.4. The van der Waals surface area contributed by atoms with Crippen LogP contribution in [0, 0.1) is 17.8 Å². The number of amides is 2. The number of anilines is 3. The number of aliphatic hydroxyl groups is 2. The minimum atomic E-state index is -1.74. The quantitative estimate of drug-likeness (QED) is 0.0678. The Morgan fingerprint density at radius 3 is 2.17 bits per heavy atom. The molecule has 3 saturated heterocycles. The van der Waals surface area contributed by atoms with Crippen molar-refractivity contribution in [2.45, 2.75) is 73.8 Å². The number of hydrogen-bond acceptors (Lipinski definition) is 10. The van der Waals surface area contributed by atoms with Crippen LogP contribution in [0.15, 0.2) is 127 Å². The van der Waals surface area contributed by atoms with Crippen LogP contribution in [0.5, 0.6) is 5.75 Å². The largest absolute Gasteiger partial charge is 0.491 e. The third kappa shape index (κ3) is 8.00. The summed E-state index contributed by atoms with van der Waals surface area (Å²) in [6, 6.07) is 36.9. The van der Waals surface area contributed by atoms with E-state index in [1.54, 1.807) is 12.1 Å². The smallest absolute Gasteiger partial charge is 0.324 e. The van der Waals surface area contributed by atoms with Gasteiger partial charge in [-0.05, 0) is 103 Å². The highest BCUT2D eigenvalue weighted by atomic mass is 16.6. The summed E-state index contributed by atoms with van der Waals surface area (Å²) in [5.74, 6) is 4.05. The number of ether oxygens (including phenoxy) is 3. The molecular weight excluding hydrogens is 833 g/mol. The summed E-state index contributed by atoms with van der Waals surface area (Å²) in [5, 5.41) is 27.5. The average Bonchev–Trinajstić information content (AvgIpc) is 3.72. The van der Waals surface area contributed by atoms with E-state index in [2.05, 4.69) is 32.3 Å². The molecule has 6 atom stereocenters. The van der Waals surface area contributed by atoms with Crippen molar-refractivity contribution in [1.29, 1.82) is 0 Å². The number of nitrogens with one attached hydrogen (secondary N) is 2. The van der Waals surface area contributed by atoms with Crippen LogP contribution in [0.1, 0.15) is 84.5 Å². The fourth-order valence-electron chi connectivity index (χ4n) is 11.0. The van der Waals surface area contributed by atoms with Crippen LogP contribution in [-0.4, -0.2) is 84.1 Å². The predicted octanol–water partition coefficient (Wildman–Crippen LogP) is 7.24. The third-order valence-corrected chi connectivity index (χ3v) is 14.0. The summed E-state index contributed by atoms with van der Waals surface area (Å²) in [5.41, 5.74) is 2.47. The van der Waals surface area contributed by atoms with Crippen LogP contribution in [0.4, 0.5) is 17.1 Å². The molecule has 4 N–H and O–H groups in total. The summed E-state index contributed by atoms with van der Waals surface area (Å²) < 4.78 is 18.0. The van der Waals surface area contributed by atoms with Gasteiger partial charge in [0, 0.05) is 35.7 Å². The van der Waals surface area contributed by atoms with Gasteiger partial charge in [-0.3, -0.25) is 19.3 Å². The van der Waals surface area contributed by atoms with E-state index >= 15 is 14.4 Å². The minimum absolute atomic E-state index is 0.0893. The van der Waals surface area contributed by atoms with E-state index < -0.39 is 58.9 Å². The Kier molecular flexibility index (Phi) is 12.1. The Balaban J connectivity index is 1.18. The Labute approximate surface area is 384 Å². The van der Waals surface area contributed by atoms with E-state index in [0.717, 1.165) is 55.6 Å². The fourth-order valence-corrected chi connectivity index (χ4v) is 11.0. The predicted molar refractivity (Wildman–Crippen MR) is 250 cm³/mol. The topological polar surface area (TPSA) is 150 Å². The van der Waals surface area contributed by atoms with Crippen LogP contribution in [0.3, 0.4) is 0 Å². The molecular formula is C54H54N4O8. The Hall–Kier alpha value is -6.49. The fraction of sp³-hybridized carbons (Fsp3) is 0.352. The molecule has 4 fully saturated rings. The number of benzene rings is 5. The zero-order chi connectivity index (χ0) is 45.3. The van der Waals surface area contributed by atoms with E-state index in [0.29, 0.717) is 59.9 Å². The number of carbonyl (C=O) groups excluding carboxylic acids is 3. The summed E-state index contributed by atoms with van der Waals surface area (Å²) >= 11 is 0. The highest BCUT2D eigenvalue weighted by Gasteiger charge is 2.74. The molecule has 0 bridgehead atoms. The summed E-state index contributed by atoms with van der Waals surface area (Å²) in [7, 11) is 0. The molecule has 4 aliphatic heterocycles. The molecule has 2 amide bonds. The highest BCUT2D eigenvalue weighted by Crippen LogP contribution is 2.65. The van der Waals surface area contributed by atoms with E-state index in [1.165, 1.54) is 0 Å². The van der Waals surface area contributed by atoms with Crippen molar-refractivity contribution in [2.75, 3.05) is 55.1 Å². The molecule has 5 aromatic rings. The first-order chi connectivity index (χ1) is 32.3. The van der Waals surface area contributed by atoms with Gasteiger partial charge in [-0.25, -0.2) is 0 Å². The SMILES string of the molecule is O=C1OC(c2ccccc2)C(c2ccccc2)N2C1C(C(=O)Nc1ccc(N3CCOCC3)cc1)C1(C(=O)Nc3ccc(C#CC4(O)CCCCCC4)cc31)C2c1ccc(OCCO)cc1. The van der Waals surface area contributed by atoms with Gasteiger partial charge < -0.3 is 40.0 Å². The highest BCUT2D eigenvalue weighted by molar-refractivity contribution is 6.13. The summed E-state index contributed by atoms with van der Waals surface area (Å²) in [4.78, 5) is 50.9. The second-order valence-electron chi connectivity index (χ2n) is 18.0. The molecule has 10 rings (SSSR count). The Morgan fingerprint density at radius 2 is 1.48 bits per heavy atom. The molecule has 66 heavy (non-hydrogen) atoms. The standard InChI is InChI=1S/C54H54N4O8/c59-31-34-65-42-22-16-39(17-23-42)49-54(43-35-36(15-24-44(43)56-52(54)62)25-28-53(63)26-9-1-2-10-27-53)45(50(60)55-40-18-20-41(21-19-40)57-29-32-64-33-30-57)47-51(61)66-48(38-13-7-4-8-14-38)46(58(47)49)37-11-5-3-6-12-37/h3-8,11-24,35,45-49,59,63H,1-2,9-10,26-27,29-34H2,(H,55,60)(H,56,62). The van der Waals surface area contributed by atoms with Crippen molar-refractivity contribution < 1.29 is 38.8 Å². The molecule has 1 spiro atoms. The van der Waals surface area contributed by atoms with Crippen LogP contribution in [-0.2, 0) is 29.3 Å². The van der Waals surface area contributed by atoms with Gasteiger partial charge in [0.25, 0.3) is 0 Å². The third-order valence-electron chi connectivity index (χ3n) is 14.0. The molecule has 338 valence electrons. The van der Waals surface area contributed by atoms with Crippen LogP contribution in [0.2, 0.25) is 0 Å². The van der Waals surface area contributed by atoms with Crippen LogP contribution < -0.4 is 20.3 Å². The van der Waals surface area contributed by atoms with Gasteiger partial charge in [0.1, 0.15) is 35.5 Å². The zero-order valence-electron chi connectivity index (χ0n) is 36.7. The van der Waals surface area contributed by atoms with E-state index in [-0.39, 0.29) is 13.2 Å². The average molecular weight is 887 g/mol. The lowest BCUT2D eigenvalue weighted by atomic mass is 9.65. The Morgan fingerprint density at radius 1 is 0.803 bits per heavy atom. The van der Waals surface area contributed by atoms with Crippen molar-refractivity contribution in [1.82, 2.24) is 4.90 Å². The number of aliphatic hydroxyl groups excluding tert-OH is 1. The number of hydrogen-bond donors (Lipinski definition) is 4. The normalized spacial score (nSPS) is 25.7. The number of fused-ring (bicyclic) bond motifs is 3. The van der Waals surface area contributed by atoms with Crippen LogP contribution in [0.25, 0.3) is 0 Å². The van der Waals surface area contributed by atoms with Gasteiger partial charge in [-0.1, -0.05) is 97.5 Å². The van der Waals surface area contributed by atoms with E-state index in [4.69, 9.17) is 14.2 Å². The second-order valence-corrected chi connectivity index (χ2v) is 18.0. The van der Waals surface area contributed by atoms with Gasteiger partial charge >= 0.3 is 5.97 Å². The molecule has 5 aliphatic rings. The number of esters is 1. The van der Waals surface area contributed by atoms with Crippen molar-refractivity contribution >= 4 is 34.8 Å². The number of morpholine rings is 2. The van der Waals surface area contributed by atoms with Crippen molar-refractivity contribution in [3.8, 4) is 17.6 Å². The van der Waals surface area contributed by atoms with Crippen molar-refractivity contribution in [3.05, 3.63) is 155 Å². The van der Waals surface area contributed by atoms with Crippen LogP contribution >= 0.6 is 0 Å². The zero-order valence-corrected chi connectivity index (χ0v) is 36.7. The molecule has 1 aliphatic carbocycles. The van der Waals surface area contributed by atoms with Crippen molar-refractivity contribution in [2.24, 2.45) is 5.92 Å². The lowest BCUT2D eigenvalue weighted by molar-refractivity contribution is -0.177. The molecule has 12 nitrogen and oxygen atoms in total. The maximum atomic E-state index is 15.7. The molecule has 4 heterocycles. The first-order valence-corrected chi connectivity index (χ1v) is 23.1. The van der Waals surface area contributed by atoms with Gasteiger partial charge in [-0.15, -0.1) is 0 Å². The number of carbonyl (C=O) groups is 3. The Bertz CT molecular complexity index is 2620. The molecule has 0 radical (unpaired) electrons. The number of rotatable bonds is 9. The second kappa shape index (κ2) is 18.4. The molecule has 0 aromatic heterocycles. The minimum Gasteiger partial charge on any atom is -0.491 e. The number of cyclic esters (lactones) is 1. The lowest BCUT2D eigenvalue weighted by Gasteiger charge is -2.46. The van der Waals surface area contributed by atoms with Gasteiger partial charge in [-0.2, -0.15) is 0 Å².